The lowest BCUT2D eigenvalue weighted by atomic mass is 10.1. The molecule has 1 aliphatic carbocycles. The summed E-state index contributed by atoms with van der Waals surface area (Å²) in [5, 5.41) is 18.0. The highest BCUT2D eigenvalue weighted by molar-refractivity contribution is 5.93. The quantitative estimate of drug-likeness (QED) is 0.702. The summed E-state index contributed by atoms with van der Waals surface area (Å²) in [7, 11) is 0. The molecule has 8 nitrogen and oxygen atoms in total. The van der Waals surface area contributed by atoms with E-state index in [0.717, 1.165) is 12.8 Å². The van der Waals surface area contributed by atoms with Gasteiger partial charge >= 0.3 is 0 Å². The van der Waals surface area contributed by atoms with Gasteiger partial charge in [0.2, 0.25) is 0 Å². The van der Waals surface area contributed by atoms with Gasteiger partial charge < -0.3 is 5.11 Å². The Kier molecular flexibility index (Phi) is 3.02. The number of aromatic nitrogens is 5. The Morgan fingerprint density at radius 2 is 1.91 bits per heavy atom. The minimum absolute atomic E-state index is 0.140. The fourth-order valence-electron chi connectivity index (χ4n) is 2.65. The molecule has 4 rings (SSSR count). The molecule has 0 unspecified atom stereocenters. The van der Waals surface area contributed by atoms with Gasteiger partial charge in [-0.1, -0.05) is 5.21 Å². The zero-order chi connectivity index (χ0) is 16.1. The Hall–Kier alpha value is -2.61. The SMILES string of the molecule is C[C@H](CO)n1cnc2cc3c(=O)n(C4CC4)nnc3cc2c1=O. The number of benzene rings is 1. The van der Waals surface area contributed by atoms with Gasteiger partial charge in [-0.25, -0.2) is 9.67 Å². The van der Waals surface area contributed by atoms with Crippen molar-refractivity contribution in [2.75, 3.05) is 6.61 Å². The molecule has 1 aromatic carbocycles. The van der Waals surface area contributed by atoms with Gasteiger partial charge in [0.05, 0.1) is 41.3 Å². The highest BCUT2D eigenvalue weighted by atomic mass is 16.3. The molecule has 1 atom stereocenters. The van der Waals surface area contributed by atoms with E-state index in [1.54, 1.807) is 19.1 Å². The second-order valence-electron chi connectivity index (χ2n) is 5.95. The van der Waals surface area contributed by atoms with Crippen molar-refractivity contribution >= 4 is 21.8 Å². The van der Waals surface area contributed by atoms with E-state index in [0.29, 0.717) is 21.8 Å². The minimum Gasteiger partial charge on any atom is -0.394 e. The molecular formula is C15H15N5O3. The lowest BCUT2D eigenvalue weighted by Crippen LogP contribution is -2.26. The second kappa shape index (κ2) is 4.95. The van der Waals surface area contributed by atoms with Gasteiger partial charge in [0, 0.05) is 0 Å². The molecule has 0 bridgehead atoms. The molecule has 8 heteroatoms. The first-order chi connectivity index (χ1) is 11.1. The van der Waals surface area contributed by atoms with Crippen molar-refractivity contribution in [3.05, 3.63) is 39.2 Å². The second-order valence-corrected chi connectivity index (χ2v) is 5.95. The summed E-state index contributed by atoms with van der Waals surface area (Å²) in [5.74, 6) is 0. The van der Waals surface area contributed by atoms with Crippen LogP contribution in [0.1, 0.15) is 31.8 Å². The molecule has 118 valence electrons. The average molecular weight is 313 g/mol. The molecule has 1 N–H and O–H groups in total. The largest absolute Gasteiger partial charge is 0.394 e. The summed E-state index contributed by atoms with van der Waals surface area (Å²) in [6.07, 6.45) is 3.27. The van der Waals surface area contributed by atoms with E-state index in [1.165, 1.54) is 15.6 Å². The molecule has 1 fully saturated rings. The van der Waals surface area contributed by atoms with Gasteiger partial charge in [-0.3, -0.25) is 14.2 Å². The van der Waals surface area contributed by atoms with Crippen molar-refractivity contribution in [1.82, 2.24) is 24.5 Å². The highest BCUT2D eigenvalue weighted by Gasteiger charge is 2.27. The number of hydrogen-bond acceptors (Lipinski definition) is 6. The van der Waals surface area contributed by atoms with Crippen LogP contribution >= 0.6 is 0 Å². The zero-order valence-corrected chi connectivity index (χ0v) is 12.5. The summed E-state index contributed by atoms with van der Waals surface area (Å²) in [6.45, 7) is 1.57. The van der Waals surface area contributed by atoms with Crippen LogP contribution in [0.25, 0.3) is 21.8 Å². The number of hydrogen-bond donors (Lipinski definition) is 1. The van der Waals surface area contributed by atoms with Crippen molar-refractivity contribution in [3.63, 3.8) is 0 Å². The van der Waals surface area contributed by atoms with Crippen LogP contribution in [0.2, 0.25) is 0 Å². The summed E-state index contributed by atoms with van der Waals surface area (Å²) >= 11 is 0. The molecule has 2 heterocycles. The van der Waals surface area contributed by atoms with Crippen molar-refractivity contribution in [2.24, 2.45) is 0 Å². The summed E-state index contributed by atoms with van der Waals surface area (Å²) in [6, 6.07) is 2.91. The molecule has 0 saturated heterocycles. The maximum Gasteiger partial charge on any atom is 0.277 e. The fourth-order valence-corrected chi connectivity index (χ4v) is 2.65. The first kappa shape index (κ1) is 14.0. The number of fused-ring (bicyclic) bond motifs is 2. The molecule has 3 aromatic rings. The van der Waals surface area contributed by atoms with Gasteiger partial charge in [-0.05, 0) is 31.9 Å². The predicted molar refractivity (Wildman–Crippen MR) is 83.4 cm³/mol. The molecule has 0 spiro atoms. The van der Waals surface area contributed by atoms with Crippen LogP contribution in [0, 0.1) is 0 Å². The van der Waals surface area contributed by atoms with E-state index in [1.807, 2.05) is 0 Å². The normalized spacial score (nSPS) is 16.1. The monoisotopic (exact) mass is 313 g/mol. The van der Waals surface area contributed by atoms with Crippen LogP contribution in [-0.2, 0) is 0 Å². The zero-order valence-electron chi connectivity index (χ0n) is 12.5. The summed E-state index contributed by atoms with van der Waals surface area (Å²) in [4.78, 5) is 29.2. The third-order valence-corrected chi connectivity index (χ3v) is 4.22. The highest BCUT2D eigenvalue weighted by Crippen LogP contribution is 2.32. The van der Waals surface area contributed by atoms with Crippen molar-refractivity contribution in [2.45, 2.75) is 31.8 Å². The molecule has 0 aliphatic heterocycles. The van der Waals surface area contributed by atoms with E-state index < -0.39 is 0 Å². The van der Waals surface area contributed by atoms with Crippen molar-refractivity contribution in [1.29, 1.82) is 0 Å². The molecule has 23 heavy (non-hydrogen) atoms. The standard InChI is InChI=1S/C15H15N5O3/c1-8(6-21)19-7-16-12-4-11-13(5-10(12)14(19)22)17-18-20(15(11)23)9-2-3-9/h4-5,7-9,21H,2-3,6H2,1H3/t8-/m1/s1. The van der Waals surface area contributed by atoms with E-state index in [2.05, 4.69) is 15.3 Å². The Bertz CT molecular complexity index is 1030. The van der Waals surface area contributed by atoms with Crippen LogP contribution < -0.4 is 11.1 Å². The Morgan fingerprint density at radius 3 is 2.61 bits per heavy atom. The molecule has 1 aliphatic rings. The minimum atomic E-state index is -0.371. The van der Waals surface area contributed by atoms with Gasteiger partial charge in [-0.2, -0.15) is 0 Å². The first-order valence-electron chi connectivity index (χ1n) is 7.51. The topological polar surface area (TPSA) is 103 Å². The van der Waals surface area contributed by atoms with Crippen LogP contribution in [-0.4, -0.2) is 36.3 Å². The third kappa shape index (κ3) is 2.14. The van der Waals surface area contributed by atoms with Gasteiger partial charge in [0.1, 0.15) is 5.52 Å². The van der Waals surface area contributed by atoms with Gasteiger partial charge in [0.25, 0.3) is 11.1 Å². The van der Waals surface area contributed by atoms with E-state index in [-0.39, 0.29) is 29.8 Å². The lowest BCUT2D eigenvalue weighted by Gasteiger charge is -2.12. The van der Waals surface area contributed by atoms with Crippen molar-refractivity contribution in [3.8, 4) is 0 Å². The van der Waals surface area contributed by atoms with Crippen LogP contribution in [0.5, 0.6) is 0 Å². The Morgan fingerprint density at radius 1 is 1.22 bits per heavy atom. The molecule has 1 saturated carbocycles. The van der Waals surface area contributed by atoms with E-state index in [4.69, 9.17) is 0 Å². The maximum atomic E-state index is 12.5. The van der Waals surface area contributed by atoms with Crippen LogP contribution in [0.3, 0.4) is 0 Å². The summed E-state index contributed by atoms with van der Waals surface area (Å²) in [5.41, 5.74) is 0.352. The predicted octanol–water partition coefficient (Wildman–Crippen LogP) is 0.390. The molecule has 2 aromatic heterocycles. The van der Waals surface area contributed by atoms with Crippen LogP contribution in [0.4, 0.5) is 0 Å². The van der Waals surface area contributed by atoms with Crippen LogP contribution in [0.15, 0.2) is 28.0 Å². The molecule has 0 radical (unpaired) electrons. The van der Waals surface area contributed by atoms with E-state index >= 15 is 0 Å². The Labute approximate surface area is 130 Å². The Balaban J connectivity index is 2.01. The maximum absolute atomic E-state index is 12.5. The summed E-state index contributed by atoms with van der Waals surface area (Å²) < 4.78 is 2.77. The number of rotatable bonds is 3. The smallest absolute Gasteiger partial charge is 0.277 e. The molecular weight excluding hydrogens is 298 g/mol. The van der Waals surface area contributed by atoms with Crippen molar-refractivity contribution < 1.29 is 5.11 Å². The number of nitrogens with zero attached hydrogens (tertiary/aromatic N) is 5. The number of aliphatic hydroxyl groups excluding tert-OH is 1. The van der Waals surface area contributed by atoms with E-state index in [9.17, 15) is 14.7 Å². The molecule has 0 amide bonds. The van der Waals surface area contributed by atoms with Gasteiger partial charge in [-0.15, -0.1) is 5.10 Å². The third-order valence-electron chi connectivity index (χ3n) is 4.22. The fraction of sp³-hybridized carbons (Fsp3) is 0.400. The van der Waals surface area contributed by atoms with Gasteiger partial charge in [0.15, 0.2) is 0 Å². The number of aliphatic hydroxyl groups is 1. The first-order valence-corrected chi connectivity index (χ1v) is 7.51. The average Bonchev–Trinajstić information content (AvgIpc) is 3.39. The lowest BCUT2D eigenvalue weighted by molar-refractivity contribution is 0.236.